The van der Waals surface area contributed by atoms with Gasteiger partial charge in [0.2, 0.25) is 0 Å². The van der Waals surface area contributed by atoms with Gasteiger partial charge in [-0.2, -0.15) is 0 Å². The SMILES string of the molecule is CNC(CCN(CC(C)C)CC(C)C)c1ccccc1C. The summed E-state index contributed by atoms with van der Waals surface area (Å²) < 4.78 is 0. The van der Waals surface area contributed by atoms with E-state index in [1.807, 2.05) is 0 Å². The van der Waals surface area contributed by atoms with Crippen LogP contribution in [0.3, 0.4) is 0 Å². The first-order chi connectivity index (χ1) is 9.93. The van der Waals surface area contributed by atoms with Crippen molar-refractivity contribution in [3.63, 3.8) is 0 Å². The summed E-state index contributed by atoms with van der Waals surface area (Å²) in [4.78, 5) is 2.62. The lowest BCUT2D eigenvalue weighted by molar-refractivity contribution is 0.209. The van der Waals surface area contributed by atoms with Crippen molar-refractivity contribution < 1.29 is 0 Å². The Morgan fingerprint density at radius 1 is 1.00 bits per heavy atom. The topological polar surface area (TPSA) is 15.3 Å². The normalized spacial score (nSPS) is 13.4. The summed E-state index contributed by atoms with van der Waals surface area (Å²) in [6.45, 7) is 15.0. The van der Waals surface area contributed by atoms with Crippen molar-refractivity contribution in [2.75, 3.05) is 26.7 Å². The lowest BCUT2D eigenvalue weighted by atomic mass is 9.98. The molecule has 1 aromatic rings. The van der Waals surface area contributed by atoms with E-state index in [0.29, 0.717) is 6.04 Å². The largest absolute Gasteiger partial charge is 0.313 e. The molecule has 0 spiro atoms. The molecular formula is C19H34N2. The van der Waals surface area contributed by atoms with Crippen LogP contribution < -0.4 is 5.32 Å². The highest BCUT2D eigenvalue weighted by Gasteiger charge is 2.15. The van der Waals surface area contributed by atoms with E-state index < -0.39 is 0 Å². The van der Waals surface area contributed by atoms with Crippen LogP contribution in [0.25, 0.3) is 0 Å². The van der Waals surface area contributed by atoms with Gasteiger partial charge in [0.05, 0.1) is 0 Å². The minimum absolute atomic E-state index is 0.452. The zero-order valence-corrected chi connectivity index (χ0v) is 14.8. The van der Waals surface area contributed by atoms with Crippen molar-refractivity contribution in [2.45, 2.75) is 47.1 Å². The van der Waals surface area contributed by atoms with Crippen molar-refractivity contribution in [1.29, 1.82) is 0 Å². The predicted octanol–water partition coefficient (Wildman–Crippen LogP) is 4.26. The smallest absolute Gasteiger partial charge is 0.0332 e. The molecular weight excluding hydrogens is 256 g/mol. The fraction of sp³-hybridized carbons (Fsp3) is 0.684. The molecule has 120 valence electrons. The third-order valence-corrected chi connectivity index (χ3v) is 3.89. The molecule has 0 amide bonds. The van der Waals surface area contributed by atoms with E-state index in [2.05, 4.69) is 76.1 Å². The molecule has 21 heavy (non-hydrogen) atoms. The van der Waals surface area contributed by atoms with Crippen molar-refractivity contribution in [1.82, 2.24) is 10.2 Å². The Morgan fingerprint density at radius 2 is 1.57 bits per heavy atom. The second kappa shape index (κ2) is 9.22. The van der Waals surface area contributed by atoms with Gasteiger partial charge in [0, 0.05) is 19.1 Å². The number of hydrogen-bond acceptors (Lipinski definition) is 2. The Labute approximate surface area is 131 Å². The summed E-state index contributed by atoms with van der Waals surface area (Å²) in [6, 6.07) is 9.18. The first kappa shape index (κ1) is 18.2. The fourth-order valence-corrected chi connectivity index (χ4v) is 3.03. The number of benzene rings is 1. The third kappa shape index (κ3) is 6.62. The highest BCUT2D eigenvalue weighted by atomic mass is 15.1. The summed E-state index contributed by atoms with van der Waals surface area (Å²) in [7, 11) is 2.08. The lowest BCUT2D eigenvalue weighted by Gasteiger charge is -2.28. The van der Waals surface area contributed by atoms with Gasteiger partial charge < -0.3 is 10.2 Å². The zero-order valence-electron chi connectivity index (χ0n) is 14.8. The lowest BCUT2D eigenvalue weighted by Crippen LogP contribution is -2.34. The van der Waals surface area contributed by atoms with Crippen LogP contribution >= 0.6 is 0 Å². The molecule has 0 saturated heterocycles. The van der Waals surface area contributed by atoms with Crippen LogP contribution in [0.4, 0.5) is 0 Å². The quantitative estimate of drug-likeness (QED) is 0.731. The van der Waals surface area contributed by atoms with Gasteiger partial charge in [-0.25, -0.2) is 0 Å². The van der Waals surface area contributed by atoms with Crippen LogP contribution in [0.1, 0.15) is 51.3 Å². The van der Waals surface area contributed by atoms with Crippen LogP contribution in [-0.4, -0.2) is 31.6 Å². The average molecular weight is 290 g/mol. The molecule has 2 nitrogen and oxygen atoms in total. The van der Waals surface area contributed by atoms with Gasteiger partial charge in [0.15, 0.2) is 0 Å². The summed E-state index contributed by atoms with van der Waals surface area (Å²) in [5, 5.41) is 3.49. The fourth-order valence-electron chi connectivity index (χ4n) is 3.03. The van der Waals surface area contributed by atoms with Crippen molar-refractivity contribution in [2.24, 2.45) is 11.8 Å². The van der Waals surface area contributed by atoms with Crippen LogP contribution in [-0.2, 0) is 0 Å². The number of nitrogens with one attached hydrogen (secondary N) is 1. The van der Waals surface area contributed by atoms with Gasteiger partial charge in [-0.1, -0.05) is 52.0 Å². The highest BCUT2D eigenvalue weighted by molar-refractivity contribution is 5.28. The Morgan fingerprint density at radius 3 is 2.05 bits per heavy atom. The summed E-state index contributed by atoms with van der Waals surface area (Å²) in [5.41, 5.74) is 2.82. The van der Waals surface area contributed by atoms with Gasteiger partial charge in [-0.15, -0.1) is 0 Å². The number of aryl methyl sites for hydroxylation is 1. The Balaban J connectivity index is 2.65. The predicted molar refractivity (Wildman–Crippen MR) is 93.7 cm³/mol. The molecule has 0 bridgehead atoms. The summed E-state index contributed by atoms with van der Waals surface area (Å²) in [5.74, 6) is 1.46. The Bertz CT molecular complexity index is 388. The average Bonchev–Trinajstić information content (AvgIpc) is 2.39. The number of hydrogen-bond donors (Lipinski definition) is 1. The van der Waals surface area contributed by atoms with E-state index in [-0.39, 0.29) is 0 Å². The minimum atomic E-state index is 0.452. The molecule has 1 unspecified atom stereocenters. The standard InChI is InChI=1S/C19H34N2/c1-15(2)13-21(14-16(3)4)12-11-19(20-6)18-10-8-7-9-17(18)5/h7-10,15-16,19-20H,11-14H2,1-6H3. The maximum absolute atomic E-state index is 3.49. The second-order valence-corrected chi connectivity index (χ2v) is 7.03. The molecule has 0 heterocycles. The monoisotopic (exact) mass is 290 g/mol. The van der Waals surface area contributed by atoms with Gasteiger partial charge in [-0.3, -0.25) is 0 Å². The first-order valence-corrected chi connectivity index (χ1v) is 8.39. The summed E-state index contributed by atoms with van der Waals surface area (Å²) in [6.07, 6.45) is 1.17. The van der Waals surface area contributed by atoms with E-state index in [4.69, 9.17) is 0 Å². The molecule has 1 N–H and O–H groups in total. The van der Waals surface area contributed by atoms with Crippen molar-refractivity contribution in [3.8, 4) is 0 Å². The van der Waals surface area contributed by atoms with E-state index >= 15 is 0 Å². The van der Waals surface area contributed by atoms with Crippen LogP contribution in [0.15, 0.2) is 24.3 Å². The second-order valence-electron chi connectivity index (χ2n) is 7.03. The van der Waals surface area contributed by atoms with E-state index in [1.54, 1.807) is 0 Å². The van der Waals surface area contributed by atoms with Gasteiger partial charge in [0.1, 0.15) is 0 Å². The minimum Gasteiger partial charge on any atom is -0.313 e. The number of nitrogens with zero attached hydrogens (tertiary/aromatic N) is 1. The van der Waals surface area contributed by atoms with Gasteiger partial charge in [-0.05, 0) is 49.9 Å². The molecule has 0 aliphatic carbocycles. The van der Waals surface area contributed by atoms with E-state index in [0.717, 1.165) is 18.4 Å². The molecule has 0 aliphatic rings. The zero-order chi connectivity index (χ0) is 15.8. The van der Waals surface area contributed by atoms with Crippen molar-refractivity contribution in [3.05, 3.63) is 35.4 Å². The number of rotatable bonds is 9. The molecule has 0 radical (unpaired) electrons. The Kier molecular flexibility index (Phi) is 7.98. The molecule has 1 aromatic carbocycles. The molecule has 0 saturated carbocycles. The molecule has 2 heteroatoms. The highest BCUT2D eigenvalue weighted by Crippen LogP contribution is 2.21. The van der Waals surface area contributed by atoms with Crippen LogP contribution in [0, 0.1) is 18.8 Å². The third-order valence-electron chi connectivity index (χ3n) is 3.89. The van der Waals surface area contributed by atoms with Crippen LogP contribution in [0.5, 0.6) is 0 Å². The van der Waals surface area contributed by atoms with Gasteiger partial charge in [0.25, 0.3) is 0 Å². The molecule has 0 aliphatic heterocycles. The maximum atomic E-state index is 3.49. The van der Waals surface area contributed by atoms with Crippen molar-refractivity contribution >= 4 is 0 Å². The van der Waals surface area contributed by atoms with Crippen LogP contribution in [0.2, 0.25) is 0 Å². The molecule has 1 atom stereocenters. The Hall–Kier alpha value is -0.860. The molecule has 0 fully saturated rings. The van der Waals surface area contributed by atoms with E-state index in [9.17, 15) is 0 Å². The summed E-state index contributed by atoms with van der Waals surface area (Å²) >= 11 is 0. The van der Waals surface area contributed by atoms with Gasteiger partial charge >= 0.3 is 0 Å². The maximum Gasteiger partial charge on any atom is 0.0332 e. The molecule has 0 aromatic heterocycles. The molecule has 1 rings (SSSR count). The van der Waals surface area contributed by atoms with E-state index in [1.165, 1.54) is 30.6 Å². The first-order valence-electron chi connectivity index (χ1n) is 8.39.